The summed E-state index contributed by atoms with van der Waals surface area (Å²) >= 11 is 5.90. The number of benzene rings is 1. The van der Waals surface area contributed by atoms with Gasteiger partial charge < -0.3 is 4.74 Å². The number of Topliss-reactive ketones (excluding diaryl/α,β-unsaturated/α-hetero) is 1. The molecule has 18 heavy (non-hydrogen) atoms. The molecule has 0 saturated heterocycles. The van der Waals surface area contributed by atoms with Gasteiger partial charge >= 0.3 is 0 Å². The number of methoxy groups -OCH3 is 1. The van der Waals surface area contributed by atoms with Gasteiger partial charge in [-0.05, 0) is 31.0 Å². The molecule has 0 saturated carbocycles. The maximum absolute atomic E-state index is 11.7. The molecular weight excluding hydrogens is 250 g/mol. The Balaban J connectivity index is 2.92. The molecule has 0 aliphatic carbocycles. The Bertz CT molecular complexity index is 623. The lowest BCUT2D eigenvalue weighted by Crippen LogP contribution is -2.00. The van der Waals surface area contributed by atoms with Crippen LogP contribution in [0.1, 0.15) is 29.8 Å². The first kappa shape index (κ1) is 12.8. The first-order valence-electron chi connectivity index (χ1n) is 5.74. The molecular formula is C14H14ClNO2. The number of hydrogen-bond acceptors (Lipinski definition) is 3. The summed E-state index contributed by atoms with van der Waals surface area (Å²) in [4.78, 5) is 15.8. The number of pyridine rings is 1. The molecule has 1 heterocycles. The number of hydrogen-bond donors (Lipinski definition) is 0. The van der Waals surface area contributed by atoms with Crippen LogP contribution < -0.4 is 4.74 Å². The van der Waals surface area contributed by atoms with E-state index in [2.05, 4.69) is 4.98 Å². The minimum atomic E-state index is 0.0135. The van der Waals surface area contributed by atoms with Crippen molar-refractivity contribution >= 4 is 28.2 Å². The second kappa shape index (κ2) is 4.94. The zero-order chi connectivity index (χ0) is 13.3. The number of halogens is 1. The normalized spacial score (nSPS) is 10.7. The molecule has 0 radical (unpaired) electrons. The first-order chi connectivity index (χ1) is 8.58. The zero-order valence-electron chi connectivity index (χ0n) is 10.6. The highest BCUT2D eigenvalue weighted by molar-refractivity contribution is 6.30. The third kappa shape index (κ3) is 2.06. The smallest absolute Gasteiger partial charge is 0.160 e. The Labute approximate surface area is 111 Å². The summed E-state index contributed by atoms with van der Waals surface area (Å²) in [5.74, 6) is 0.779. The Hall–Kier alpha value is -1.61. The highest BCUT2D eigenvalue weighted by atomic mass is 35.5. The van der Waals surface area contributed by atoms with E-state index < -0.39 is 0 Å². The largest absolute Gasteiger partial charge is 0.496 e. The average molecular weight is 264 g/mol. The first-order valence-corrected chi connectivity index (χ1v) is 6.12. The number of aromatic nitrogens is 1. The minimum absolute atomic E-state index is 0.0135. The number of nitrogens with zero attached hydrogens (tertiary/aromatic N) is 1. The van der Waals surface area contributed by atoms with Gasteiger partial charge in [0.2, 0.25) is 0 Å². The zero-order valence-corrected chi connectivity index (χ0v) is 11.3. The van der Waals surface area contributed by atoms with Crippen LogP contribution in [-0.2, 0) is 6.42 Å². The Morgan fingerprint density at radius 1 is 1.39 bits per heavy atom. The minimum Gasteiger partial charge on any atom is -0.496 e. The standard InChI is InChI=1S/C14H14ClNO2/c1-4-9-5-10(8(2)17)11-6-13(15)16-7-12(11)14(9)18-3/h5-7H,4H2,1-3H3. The second-order valence-electron chi connectivity index (χ2n) is 4.08. The van der Waals surface area contributed by atoms with E-state index in [0.29, 0.717) is 10.7 Å². The fraction of sp³-hybridized carbons (Fsp3) is 0.286. The van der Waals surface area contributed by atoms with Crippen LogP contribution in [0.2, 0.25) is 5.15 Å². The van der Waals surface area contributed by atoms with Crippen molar-refractivity contribution in [3.8, 4) is 5.75 Å². The Morgan fingerprint density at radius 2 is 2.11 bits per heavy atom. The van der Waals surface area contributed by atoms with Crippen molar-refractivity contribution in [3.63, 3.8) is 0 Å². The van der Waals surface area contributed by atoms with E-state index in [1.54, 1.807) is 26.3 Å². The number of rotatable bonds is 3. The molecule has 0 amide bonds. The summed E-state index contributed by atoms with van der Waals surface area (Å²) in [6, 6.07) is 3.58. The van der Waals surface area contributed by atoms with E-state index in [4.69, 9.17) is 16.3 Å². The van der Waals surface area contributed by atoms with Gasteiger partial charge in [-0.2, -0.15) is 0 Å². The van der Waals surface area contributed by atoms with Crippen LogP contribution in [0.15, 0.2) is 18.3 Å². The average Bonchev–Trinajstić information content (AvgIpc) is 2.36. The molecule has 0 aliphatic heterocycles. The van der Waals surface area contributed by atoms with Gasteiger partial charge in [0, 0.05) is 22.5 Å². The van der Waals surface area contributed by atoms with Crippen molar-refractivity contribution in [3.05, 3.63) is 34.6 Å². The lowest BCUT2D eigenvalue weighted by atomic mass is 9.97. The molecule has 0 spiro atoms. The van der Waals surface area contributed by atoms with Crippen molar-refractivity contribution in [2.75, 3.05) is 7.11 Å². The van der Waals surface area contributed by atoms with E-state index in [1.807, 2.05) is 13.0 Å². The van der Waals surface area contributed by atoms with E-state index >= 15 is 0 Å². The third-order valence-electron chi connectivity index (χ3n) is 2.98. The predicted octanol–water partition coefficient (Wildman–Crippen LogP) is 3.66. The fourth-order valence-electron chi connectivity index (χ4n) is 2.12. The van der Waals surface area contributed by atoms with Crippen molar-refractivity contribution in [1.29, 1.82) is 0 Å². The van der Waals surface area contributed by atoms with Crippen molar-refractivity contribution in [1.82, 2.24) is 4.98 Å². The number of carbonyl (C=O) groups excluding carboxylic acids is 1. The third-order valence-corrected chi connectivity index (χ3v) is 3.19. The Morgan fingerprint density at radius 3 is 2.67 bits per heavy atom. The van der Waals surface area contributed by atoms with Gasteiger partial charge in [-0.1, -0.05) is 18.5 Å². The highest BCUT2D eigenvalue weighted by Gasteiger charge is 2.15. The number of carbonyl (C=O) groups is 1. The Kier molecular flexibility index (Phi) is 3.53. The molecule has 1 aromatic heterocycles. The molecule has 94 valence electrons. The molecule has 0 aliphatic rings. The van der Waals surface area contributed by atoms with Gasteiger partial charge in [0.25, 0.3) is 0 Å². The summed E-state index contributed by atoms with van der Waals surface area (Å²) in [6.07, 6.45) is 2.45. The maximum Gasteiger partial charge on any atom is 0.160 e. The van der Waals surface area contributed by atoms with Crippen LogP contribution in [0.4, 0.5) is 0 Å². The maximum atomic E-state index is 11.7. The van der Waals surface area contributed by atoms with E-state index in [1.165, 1.54) is 0 Å². The molecule has 1 aromatic carbocycles. The van der Waals surface area contributed by atoms with Crippen molar-refractivity contribution in [2.45, 2.75) is 20.3 Å². The molecule has 0 N–H and O–H groups in total. The molecule has 0 unspecified atom stereocenters. The van der Waals surface area contributed by atoms with E-state index in [9.17, 15) is 4.79 Å². The van der Waals surface area contributed by atoms with Gasteiger partial charge in [-0.15, -0.1) is 0 Å². The lowest BCUT2D eigenvalue weighted by Gasteiger charge is -2.13. The van der Waals surface area contributed by atoms with Gasteiger partial charge in [0.05, 0.1) is 7.11 Å². The molecule has 3 nitrogen and oxygen atoms in total. The summed E-state index contributed by atoms with van der Waals surface area (Å²) in [5, 5.41) is 1.99. The topological polar surface area (TPSA) is 39.2 Å². The van der Waals surface area contributed by atoms with Crippen LogP contribution >= 0.6 is 11.6 Å². The van der Waals surface area contributed by atoms with Crippen LogP contribution in [0.25, 0.3) is 10.8 Å². The van der Waals surface area contributed by atoms with Crippen LogP contribution in [-0.4, -0.2) is 17.9 Å². The van der Waals surface area contributed by atoms with Crippen molar-refractivity contribution in [2.24, 2.45) is 0 Å². The summed E-state index contributed by atoms with van der Waals surface area (Å²) in [5.41, 5.74) is 1.66. The molecule has 4 heteroatoms. The number of ketones is 1. The second-order valence-corrected chi connectivity index (χ2v) is 4.47. The van der Waals surface area contributed by atoms with E-state index in [0.717, 1.165) is 28.5 Å². The summed E-state index contributed by atoms with van der Waals surface area (Å²) in [7, 11) is 1.62. The molecule has 2 rings (SSSR count). The molecule has 0 fully saturated rings. The van der Waals surface area contributed by atoms with E-state index in [-0.39, 0.29) is 5.78 Å². The fourth-order valence-corrected chi connectivity index (χ4v) is 2.28. The van der Waals surface area contributed by atoms with Gasteiger partial charge in [0.1, 0.15) is 10.9 Å². The number of ether oxygens (including phenoxy) is 1. The quantitative estimate of drug-likeness (QED) is 0.627. The number of aryl methyl sites for hydroxylation is 1. The van der Waals surface area contributed by atoms with Gasteiger partial charge in [-0.3, -0.25) is 4.79 Å². The highest BCUT2D eigenvalue weighted by Crippen LogP contribution is 2.33. The van der Waals surface area contributed by atoms with Gasteiger partial charge in [-0.25, -0.2) is 4.98 Å². The van der Waals surface area contributed by atoms with Crippen LogP contribution in [0.5, 0.6) is 5.75 Å². The monoisotopic (exact) mass is 263 g/mol. The summed E-state index contributed by atoms with van der Waals surface area (Å²) < 4.78 is 5.43. The SMILES string of the molecule is CCc1cc(C(C)=O)c2cc(Cl)ncc2c1OC. The molecule has 2 aromatic rings. The predicted molar refractivity (Wildman–Crippen MR) is 72.7 cm³/mol. The lowest BCUT2D eigenvalue weighted by molar-refractivity contribution is 0.101. The molecule has 0 bridgehead atoms. The van der Waals surface area contributed by atoms with Gasteiger partial charge in [0.15, 0.2) is 5.78 Å². The number of fused-ring (bicyclic) bond motifs is 1. The van der Waals surface area contributed by atoms with Crippen molar-refractivity contribution < 1.29 is 9.53 Å². The molecule has 0 atom stereocenters. The van der Waals surface area contributed by atoms with Crippen LogP contribution in [0, 0.1) is 0 Å². The van der Waals surface area contributed by atoms with Crippen LogP contribution in [0.3, 0.4) is 0 Å². The summed E-state index contributed by atoms with van der Waals surface area (Å²) in [6.45, 7) is 3.58.